The first kappa shape index (κ1) is 28.1. The molecule has 40 heavy (non-hydrogen) atoms. The van der Waals surface area contributed by atoms with Crippen LogP contribution < -0.4 is 16.0 Å². The number of carboxylic acid groups (broad SMARTS) is 1. The first-order chi connectivity index (χ1) is 19.4. The van der Waals surface area contributed by atoms with Gasteiger partial charge in [0.15, 0.2) is 0 Å². The fraction of sp³-hybridized carbons (Fsp3) is 0.516. The summed E-state index contributed by atoms with van der Waals surface area (Å²) in [6.45, 7) is 2.89. The number of carboxylic acids is 1. The zero-order valence-corrected chi connectivity index (χ0v) is 23.2. The van der Waals surface area contributed by atoms with Crippen LogP contribution in [-0.2, 0) is 20.7 Å². The number of fused-ring (bicyclic) bond motifs is 1. The smallest absolute Gasteiger partial charge is 0.335 e. The molecule has 1 atom stereocenters. The Balaban J connectivity index is 1.44. The van der Waals surface area contributed by atoms with Crippen molar-refractivity contribution in [2.75, 3.05) is 43.5 Å². The van der Waals surface area contributed by atoms with E-state index in [-0.39, 0.29) is 29.4 Å². The lowest BCUT2D eigenvalue weighted by atomic mass is 9.80. The minimum Gasteiger partial charge on any atom is -0.478 e. The second kappa shape index (κ2) is 12.4. The van der Waals surface area contributed by atoms with Gasteiger partial charge in [-0.05, 0) is 98.9 Å². The number of hydrogen-bond donors (Lipinski definition) is 3. The van der Waals surface area contributed by atoms with Crippen molar-refractivity contribution in [2.45, 2.75) is 57.1 Å². The highest BCUT2D eigenvalue weighted by atomic mass is 16.5. The number of nitrogens with one attached hydrogen (secondary N) is 1. The van der Waals surface area contributed by atoms with E-state index in [4.69, 9.17) is 10.5 Å². The van der Waals surface area contributed by atoms with Crippen molar-refractivity contribution in [1.29, 1.82) is 0 Å². The number of methoxy groups -OCH3 is 1. The van der Waals surface area contributed by atoms with E-state index in [0.717, 1.165) is 68.4 Å². The van der Waals surface area contributed by atoms with E-state index in [0.29, 0.717) is 31.1 Å². The molecule has 2 aromatic rings. The summed E-state index contributed by atoms with van der Waals surface area (Å²) in [5.41, 5.74) is 9.64. The lowest BCUT2D eigenvalue weighted by Crippen LogP contribution is -2.48. The fourth-order valence-corrected chi connectivity index (χ4v) is 6.59. The molecule has 2 fully saturated rings. The molecule has 0 radical (unpaired) electrons. The first-order valence-electron chi connectivity index (χ1n) is 14.4. The summed E-state index contributed by atoms with van der Waals surface area (Å²) in [6.07, 6.45) is 6.32. The van der Waals surface area contributed by atoms with E-state index < -0.39 is 12.0 Å². The Morgan fingerprint density at radius 3 is 2.30 bits per heavy atom. The molecule has 2 aromatic carbocycles. The van der Waals surface area contributed by atoms with Gasteiger partial charge in [0, 0.05) is 44.0 Å². The van der Waals surface area contributed by atoms with Crippen molar-refractivity contribution in [1.82, 2.24) is 4.90 Å². The molecule has 3 aliphatic rings. The highest BCUT2D eigenvalue weighted by molar-refractivity contribution is 5.99. The average Bonchev–Trinajstić information content (AvgIpc) is 3.00. The number of carbonyl (C=O) groups excluding carboxylic acids is 2. The van der Waals surface area contributed by atoms with Crippen LogP contribution in [0.25, 0.3) is 0 Å². The standard InChI is InChI=1S/C31H40N4O5/c1-40-24-13-16-34(17-14-24)27-4-2-3-26-25(27)15-18-35(30(37)21-7-5-20(19-32)6-8-21)28(26)29(36)33-23-11-9-22(10-12-23)31(38)39/h2-4,9-12,20-21,24,28H,5-8,13-19,32H2,1H3,(H,33,36)(H,38,39)/t20-,21-,28?. The van der Waals surface area contributed by atoms with E-state index in [1.807, 2.05) is 12.1 Å². The Morgan fingerprint density at radius 2 is 1.68 bits per heavy atom. The molecule has 9 heteroatoms. The predicted molar refractivity (Wildman–Crippen MR) is 153 cm³/mol. The number of carbonyl (C=O) groups is 3. The van der Waals surface area contributed by atoms with Crippen LogP contribution in [0.4, 0.5) is 11.4 Å². The maximum absolute atomic E-state index is 13.9. The minimum absolute atomic E-state index is 0.0359. The van der Waals surface area contributed by atoms with Gasteiger partial charge in [-0.25, -0.2) is 4.79 Å². The van der Waals surface area contributed by atoms with Gasteiger partial charge in [0.05, 0.1) is 11.7 Å². The molecule has 5 rings (SSSR count). The van der Waals surface area contributed by atoms with Crippen LogP contribution in [0.5, 0.6) is 0 Å². The molecule has 1 saturated heterocycles. The van der Waals surface area contributed by atoms with E-state index in [2.05, 4.69) is 16.3 Å². The van der Waals surface area contributed by atoms with Gasteiger partial charge in [0.2, 0.25) is 5.91 Å². The van der Waals surface area contributed by atoms with Gasteiger partial charge >= 0.3 is 5.97 Å². The number of aromatic carboxylic acids is 1. The van der Waals surface area contributed by atoms with Crippen molar-refractivity contribution in [3.05, 3.63) is 59.2 Å². The van der Waals surface area contributed by atoms with E-state index in [1.54, 1.807) is 24.1 Å². The molecule has 1 saturated carbocycles. The minimum atomic E-state index is -1.03. The Labute approximate surface area is 235 Å². The number of nitrogens with two attached hydrogens (primary N) is 1. The molecule has 9 nitrogen and oxygen atoms in total. The molecule has 2 aliphatic heterocycles. The predicted octanol–water partition coefficient (Wildman–Crippen LogP) is 3.83. The van der Waals surface area contributed by atoms with Gasteiger partial charge < -0.3 is 30.7 Å². The van der Waals surface area contributed by atoms with Gasteiger partial charge in [-0.2, -0.15) is 0 Å². The van der Waals surface area contributed by atoms with Crippen LogP contribution >= 0.6 is 0 Å². The third-order valence-electron chi connectivity index (χ3n) is 8.97. The SMILES string of the molecule is COC1CCN(c2cccc3c2CCN(C(=O)[C@H]2CC[C@H](CN)CC2)C3C(=O)Nc2ccc(C(=O)O)cc2)CC1. The molecule has 1 aliphatic carbocycles. The highest BCUT2D eigenvalue weighted by Crippen LogP contribution is 2.39. The van der Waals surface area contributed by atoms with Crippen LogP contribution in [0.1, 0.15) is 66.1 Å². The summed E-state index contributed by atoms with van der Waals surface area (Å²) < 4.78 is 5.56. The van der Waals surface area contributed by atoms with Gasteiger partial charge in [0.1, 0.15) is 6.04 Å². The Hall–Kier alpha value is -3.43. The van der Waals surface area contributed by atoms with Crippen molar-refractivity contribution in [2.24, 2.45) is 17.6 Å². The number of rotatable bonds is 7. The monoisotopic (exact) mass is 548 g/mol. The van der Waals surface area contributed by atoms with E-state index in [9.17, 15) is 19.5 Å². The summed E-state index contributed by atoms with van der Waals surface area (Å²) in [4.78, 5) is 43.3. The molecule has 0 spiro atoms. The number of piperidine rings is 1. The molecule has 2 heterocycles. The molecule has 0 bridgehead atoms. The van der Waals surface area contributed by atoms with Crippen LogP contribution in [0.2, 0.25) is 0 Å². The number of benzene rings is 2. The molecule has 1 unspecified atom stereocenters. The Bertz CT molecular complexity index is 1220. The lowest BCUT2D eigenvalue weighted by Gasteiger charge is -2.42. The summed E-state index contributed by atoms with van der Waals surface area (Å²) in [5.74, 6) is -0.922. The third-order valence-corrected chi connectivity index (χ3v) is 8.97. The summed E-state index contributed by atoms with van der Waals surface area (Å²) >= 11 is 0. The summed E-state index contributed by atoms with van der Waals surface area (Å²) in [5, 5.41) is 12.2. The molecule has 214 valence electrons. The first-order valence-corrected chi connectivity index (χ1v) is 14.4. The number of ether oxygens (including phenoxy) is 1. The number of hydrogen-bond acceptors (Lipinski definition) is 6. The summed E-state index contributed by atoms with van der Waals surface area (Å²) in [7, 11) is 1.76. The van der Waals surface area contributed by atoms with Crippen molar-refractivity contribution in [3.8, 4) is 0 Å². The topological polar surface area (TPSA) is 125 Å². The van der Waals surface area contributed by atoms with Crippen LogP contribution in [0, 0.1) is 11.8 Å². The largest absolute Gasteiger partial charge is 0.478 e. The fourth-order valence-electron chi connectivity index (χ4n) is 6.59. The normalized spacial score (nSPS) is 23.4. The highest BCUT2D eigenvalue weighted by Gasteiger charge is 2.40. The van der Waals surface area contributed by atoms with E-state index >= 15 is 0 Å². The average molecular weight is 549 g/mol. The summed E-state index contributed by atoms with van der Waals surface area (Å²) in [6, 6.07) is 11.4. The van der Waals surface area contributed by atoms with Gasteiger partial charge in [-0.3, -0.25) is 9.59 Å². The van der Waals surface area contributed by atoms with Crippen LogP contribution in [0.3, 0.4) is 0 Å². The Morgan fingerprint density at radius 1 is 0.975 bits per heavy atom. The van der Waals surface area contributed by atoms with Gasteiger partial charge in [-0.15, -0.1) is 0 Å². The molecular weight excluding hydrogens is 508 g/mol. The Kier molecular flexibility index (Phi) is 8.71. The number of nitrogens with zero attached hydrogens (tertiary/aromatic N) is 2. The zero-order chi connectivity index (χ0) is 28.2. The second-order valence-electron chi connectivity index (χ2n) is 11.3. The lowest BCUT2D eigenvalue weighted by molar-refractivity contribution is -0.144. The van der Waals surface area contributed by atoms with Crippen molar-refractivity contribution in [3.63, 3.8) is 0 Å². The van der Waals surface area contributed by atoms with Crippen molar-refractivity contribution < 1.29 is 24.2 Å². The van der Waals surface area contributed by atoms with Gasteiger partial charge in [0.25, 0.3) is 5.91 Å². The zero-order valence-electron chi connectivity index (χ0n) is 23.2. The van der Waals surface area contributed by atoms with Crippen molar-refractivity contribution >= 4 is 29.2 Å². The molecule has 4 N–H and O–H groups in total. The molecule has 2 amide bonds. The second-order valence-corrected chi connectivity index (χ2v) is 11.3. The number of anilines is 2. The third kappa shape index (κ3) is 5.86. The number of amides is 2. The maximum atomic E-state index is 13.9. The van der Waals surface area contributed by atoms with Gasteiger partial charge in [-0.1, -0.05) is 12.1 Å². The van der Waals surface area contributed by atoms with Crippen LogP contribution in [0.15, 0.2) is 42.5 Å². The molecule has 0 aromatic heterocycles. The molecular formula is C31H40N4O5. The van der Waals surface area contributed by atoms with Crippen LogP contribution in [-0.4, -0.2) is 67.2 Å². The van der Waals surface area contributed by atoms with E-state index in [1.165, 1.54) is 12.1 Å². The quantitative estimate of drug-likeness (QED) is 0.480. The maximum Gasteiger partial charge on any atom is 0.335 e.